The summed E-state index contributed by atoms with van der Waals surface area (Å²) in [4.78, 5) is 30.3. The van der Waals surface area contributed by atoms with Gasteiger partial charge in [0.1, 0.15) is 6.04 Å². The first-order chi connectivity index (χ1) is 10.7. The van der Waals surface area contributed by atoms with Crippen LogP contribution in [0.15, 0.2) is 48.8 Å². The van der Waals surface area contributed by atoms with Crippen molar-refractivity contribution in [3.63, 3.8) is 0 Å². The van der Waals surface area contributed by atoms with E-state index in [0.29, 0.717) is 12.1 Å². The number of carbonyl (C=O) groups excluding carboxylic acids is 2. The summed E-state index contributed by atoms with van der Waals surface area (Å²) >= 11 is 0. The van der Waals surface area contributed by atoms with E-state index in [1.54, 1.807) is 30.2 Å². The van der Waals surface area contributed by atoms with E-state index in [4.69, 9.17) is 0 Å². The van der Waals surface area contributed by atoms with Crippen molar-refractivity contribution in [2.45, 2.75) is 19.4 Å². The molecular weight excluding hydrogens is 278 g/mol. The third kappa shape index (κ3) is 2.70. The van der Waals surface area contributed by atoms with Crippen LogP contribution in [0.25, 0.3) is 0 Å². The Bertz CT molecular complexity index is 700. The van der Waals surface area contributed by atoms with Crippen LogP contribution in [0.4, 0.5) is 5.69 Å². The number of para-hydroxylation sites is 1. The molecule has 3 rings (SSSR count). The average molecular weight is 295 g/mol. The fourth-order valence-electron chi connectivity index (χ4n) is 2.64. The Balaban J connectivity index is 1.70. The van der Waals surface area contributed by atoms with E-state index in [9.17, 15) is 9.59 Å². The number of anilines is 1. The van der Waals surface area contributed by atoms with Crippen molar-refractivity contribution in [3.05, 3.63) is 59.9 Å². The summed E-state index contributed by atoms with van der Waals surface area (Å²) in [5, 5.41) is 2.73. The third-order valence-corrected chi connectivity index (χ3v) is 3.79. The van der Waals surface area contributed by atoms with Gasteiger partial charge in [-0.3, -0.25) is 14.6 Å². The summed E-state index contributed by atoms with van der Waals surface area (Å²) in [5.74, 6) is -0.386. The zero-order chi connectivity index (χ0) is 15.5. The molecule has 2 heterocycles. The molecule has 2 amide bonds. The molecule has 0 unspecified atom stereocenters. The van der Waals surface area contributed by atoms with Gasteiger partial charge in [-0.2, -0.15) is 0 Å². The molecule has 1 aliphatic heterocycles. The van der Waals surface area contributed by atoms with Crippen LogP contribution in [0.3, 0.4) is 0 Å². The minimum Gasteiger partial charge on any atom is -0.340 e. The number of nitrogens with one attached hydrogen (secondary N) is 1. The number of carbonyl (C=O) groups is 2. The Morgan fingerprint density at radius 2 is 2.05 bits per heavy atom. The molecule has 1 N–H and O–H groups in total. The van der Waals surface area contributed by atoms with Crippen LogP contribution in [-0.4, -0.2) is 29.4 Å². The molecule has 0 aliphatic carbocycles. The lowest BCUT2D eigenvalue weighted by Crippen LogP contribution is -2.46. The number of rotatable bonds is 3. The van der Waals surface area contributed by atoms with Crippen molar-refractivity contribution in [2.75, 3.05) is 11.4 Å². The highest BCUT2D eigenvalue weighted by Gasteiger charge is 2.28. The lowest BCUT2D eigenvalue weighted by molar-refractivity contribution is -0.119. The fraction of sp³-hybridized carbons (Fsp3) is 0.235. The third-order valence-electron chi connectivity index (χ3n) is 3.79. The smallest absolute Gasteiger partial charge is 0.253 e. The van der Waals surface area contributed by atoms with Gasteiger partial charge in [-0.1, -0.05) is 18.2 Å². The number of aromatic nitrogens is 1. The molecule has 0 radical (unpaired) electrons. The second kappa shape index (κ2) is 5.97. The van der Waals surface area contributed by atoms with Gasteiger partial charge in [0.25, 0.3) is 5.91 Å². The number of amides is 2. The van der Waals surface area contributed by atoms with E-state index in [2.05, 4.69) is 10.3 Å². The largest absolute Gasteiger partial charge is 0.340 e. The van der Waals surface area contributed by atoms with E-state index in [-0.39, 0.29) is 11.8 Å². The van der Waals surface area contributed by atoms with Crippen molar-refractivity contribution in [1.82, 2.24) is 10.3 Å². The van der Waals surface area contributed by atoms with Gasteiger partial charge in [0.15, 0.2) is 0 Å². The molecule has 5 nitrogen and oxygen atoms in total. The topological polar surface area (TPSA) is 62.3 Å². The second-order valence-electron chi connectivity index (χ2n) is 5.31. The van der Waals surface area contributed by atoms with Crippen molar-refractivity contribution >= 4 is 17.5 Å². The average Bonchev–Trinajstić information content (AvgIpc) is 2.99. The van der Waals surface area contributed by atoms with Crippen LogP contribution in [0.2, 0.25) is 0 Å². The number of nitrogens with zero attached hydrogens (tertiary/aromatic N) is 2. The predicted molar refractivity (Wildman–Crippen MR) is 83.7 cm³/mol. The van der Waals surface area contributed by atoms with Crippen LogP contribution in [-0.2, 0) is 11.2 Å². The molecule has 0 fully saturated rings. The van der Waals surface area contributed by atoms with Crippen LogP contribution >= 0.6 is 0 Å². The molecule has 0 saturated carbocycles. The molecule has 0 spiro atoms. The maximum absolute atomic E-state index is 12.6. The first-order valence-corrected chi connectivity index (χ1v) is 7.27. The number of benzene rings is 1. The summed E-state index contributed by atoms with van der Waals surface area (Å²) < 4.78 is 0. The van der Waals surface area contributed by atoms with Crippen LogP contribution < -0.4 is 10.2 Å². The van der Waals surface area contributed by atoms with Gasteiger partial charge >= 0.3 is 0 Å². The van der Waals surface area contributed by atoms with Crippen LogP contribution in [0, 0.1) is 0 Å². The second-order valence-corrected chi connectivity index (χ2v) is 5.31. The van der Waals surface area contributed by atoms with Crippen molar-refractivity contribution in [1.29, 1.82) is 0 Å². The molecule has 5 heteroatoms. The molecule has 1 aromatic carbocycles. The lowest BCUT2D eigenvalue weighted by atomic mass is 10.2. The maximum atomic E-state index is 12.6. The predicted octanol–water partition coefficient (Wildman–Crippen LogP) is 1.79. The Kier molecular flexibility index (Phi) is 3.87. The Labute approximate surface area is 129 Å². The molecule has 22 heavy (non-hydrogen) atoms. The van der Waals surface area contributed by atoms with Gasteiger partial charge in [0, 0.05) is 24.6 Å². The van der Waals surface area contributed by atoms with Crippen molar-refractivity contribution in [2.24, 2.45) is 0 Å². The zero-order valence-corrected chi connectivity index (χ0v) is 12.3. The quantitative estimate of drug-likeness (QED) is 0.939. The summed E-state index contributed by atoms with van der Waals surface area (Å²) in [6.45, 7) is 2.36. The standard InChI is InChI=1S/C17H17N3O2/c1-12(19-16(21)14-6-4-9-18-11-14)17(22)20-10-8-13-5-2-3-7-15(13)20/h2-7,9,11-12H,8,10H2,1H3,(H,19,21)/t12-/m0/s1. The molecule has 1 atom stereocenters. The highest BCUT2D eigenvalue weighted by Crippen LogP contribution is 2.27. The Morgan fingerprint density at radius 1 is 1.23 bits per heavy atom. The van der Waals surface area contributed by atoms with Gasteiger partial charge in [0.2, 0.25) is 5.91 Å². The van der Waals surface area contributed by atoms with E-state index >= 15 is 0 Å². The van der Waals surface area contributed by atoms with E-state index in [1.165, 1.54) is 11.8 Å². The molecule has 1 aromatic heterocycles. The maximum Gasteiger partial charge on any atom is 0.253 e. The van der Waals surface area contributed by atoms with Crippen molar-refractivity contribution in [3.8, 4) is 0 Å². The number of hydrogen-bond donors (Lipinski definition) is 1. The number of hydrogen-bond acceptors (Lipinski definition) is 3. The van der Waals surface area contributed by atoms with Crippen LogP contribution in [0.5, 0.6) is 0 Å². The van der Waals surface area contributed by atoms with Gasteiger partial charge in [-0.15, -0.1) is 0 Å². The Hall–Kier alpha value is -2.69. The monoisotopic (exact) mass is 295 g/mol. The Morgan fingerprint density at radius 3 is 2.82 bits per heavy atom. The van der Waals surface area contributed by atoms with Gasteiger partial charge in [-0.05, 0) is 37.1 Å². The normalized spacial score (nSPS) is 14.3. The summed E-state index contributed by atoms with van der Waals surface area (Å²) in [5.41, 5.74) is 2.56. The SMILES string of the molecule is C[C@H](NC(=O)c1cccnc1)C(=O)N1CCc2ccccc21. The zero-order valence-electron chi connectivity index (χ0n) is 12.3. The van der Waals surface area contributed by atoms with E-state index in [0.717, 1.165) is 12.1 Å². The molecule has 0 bridgehead atoms. The summed E-state index contributed by atoms with van der Waals surface area (Å²) in [6.07, 6.45) is 3.94. The molecular formula is C17H17N3O2. The van der Waals surface area contributed by atoms with E-state index in [1.807, 2.05) is 24.3 Å². The number of pyridine rings is 1. The fourth-order valence-corrected chi connectivity index (χ4v) is 2.64. The molecule has 2 aromatic rings. The lowest BCUT2D eigenvalue weighted by Gasteiger charge is -2.22. The summed E-state index contributed by atoms with van der Waals surface area (Å²) in [6, 6.07) is 10.6. The van der Waals surface area contributed by atoms with Gasteiger partial charge in [0.05, 0.1) is 5.56 Å². The highest BCUT2D eigenvalue weighted by molar-refractivity contribution is 6.02. The first-order valence-electron chi connectivity index (χ1n) is 7.27. The van der Waals surface area contributed by atoms with Gasteiger partial charge in [-0.25, -0.2) is 0 Å². The molecule has 112 valence electrons. The minimum atomic E-state index is -0.584. The highest BCUT2D eigenvalue weighted by atomic mass is 16.2. The van der Waals surface area contributed by atoms with Gasteiger partial charge < -0.3 is 10.2 Å². The minimum absolute atomic E-state index is 0.0952. The molecule has 1 aliphatic rings. The first kappa shape index (κ1) is 14.3. The number of fused-ring (bicyclic) bond motifs is 1. The van der Waals surface area contributed by atoms with E-state index < -0.39 is 6.04 Å². The molecule has 0 saturated heterocycles. The summed E-state index contributed by atoms with van der Waals surface area (Å²) in [7, 11) is 0. The van der Waals surface area contributed by atoms with Crippen molar-refractivity contribution < 1.29 is 9.59 Å². The van der Waals surface area contributed by atoms with Crippen LogP contribution in [0.1, 0.15) is 22.8 Å².